The minimum atomic E-state index is -0.665. The van der Waals surface area contributed by atoms with Crippen LogP contribution in [0.4, 0.5) is 14.6 Å². The third kappa shape index (κ3) is 4.10. The Hall–Kier alpha value is -3.86. The number of hydrogen-bond donors (Lipinski definition) is 1. The van der Waals surface area contributed by atoms with Gasteiger partial charge in [-0.05, 0) is 62.8 Å². The molecule has 0 unspecified atom stereocenters. The summed E-state index contributed by atoms with van der Waals surface area (Å²) >= 11 is 0. The summed E-state index contributed by atoms with van der Waals surface area (Å²) in [5.74, 6) is 0.192. The smallest absolute Gasteiger partial charge is 0.373 e. The molecule has 0 radical (unpaired) electrons. The summed E-state index contributed by atoms with van der Waals surface area (Å²) in [4.78, 5) is 20.8. The van der Waals surface area contributed by atoms with Crippen molar-refractivity contribution < 1.29 is 22.6 Å². The largest absolute Gasteiger partial charge is 0.439 e. The molecule has 1 aliphatic carbocycles. The maximum Gasteiger partial charge on any atom is 0.439 e. The van der Waals surface area contributed by atoms with Gasteiger partial charge in [0.25, 0.3) is 0 Å². The van der Waals surface area contributed by atoms with Gasteiger partial charge in [-0.15, -0.1) is 0 Å². The fraction of sp³-hybridized carbons (Fsp3) is 0.407. The van der Waals surface area contributed by atoms with Gasteiger partial charge in [0.15, 0.2) is 5.82 Å². The zero-order chi connectivity index (χ0) is 25.8. The third-order valence-corrected chi connectivity index (χ3v) is 7.85. The molecule has 5 heterocycles. The number of hydrogen-bond acceptors (Lipinski definition) is 8. The number of benzene rings is 1. The standard InChI is InChI=1S/C27H25F2N5O4/c28-20-2-1-3-21(29)23(20)24-19(25(37-32-24)14-4-5-14)13-36-18-10-16-7-8-17(11-18)34(16)22-9-6-15(12-30-22)26-31-27(35)38-33-26/h1-3,6,9,12,14,16-18H,4-5,7-8,10-11,13H2,(H,31,33,35)/t16-,17+,18+. The lowest BCUT2D eigenvalue weighted by atomic mass is 9.99. The number of H-pyrrole nitrogens is 1. The Morgan fingerprint density at radius 1 is 1.00 bits per heavy atom. The van der Waals surface area contributed by atoms with Crippen LogP contribution in [0.15, 0.2) is 50.4 Å². The van der Waals surface area contributed by atoms with Crippen molar-refractivity contribution in [2.45, 2.75) is 69.2 Å². The van der Waals surface area contributed by atoms with Crippen LogP contribution in [0.2, 0.25) is 0 Å². The van der Waals surface area contributed by atoms with Gasteiger partial charge in [0.1, 0.15) is 28.9 Å². The number of piperidine rings is 1. The Kier molecular flexibility index (Phi) is 5.61. The van der Waals surface area contributed by atoms with Crippen molar-refractivity contribution in [3.63, 3.8) is 0 Å². The predicted molar refractivity (Wildman–Crippen MR) is 131 cm³/mol. The predicted octanol–water partition coefficient (Wildman–Crippen LogP) is 4.95. The summed E-state index contributed by atoms with van der Waals surface area (Å²) in [6.07, 6.45) is 7.36. The first kappa shape index (κ1) is 23.3. The zero-order valence-corrected chi connectivity index (χ0v) is 20.4. The number of nitrogens with one attached hydrogen (secondary N) is 1. The fourth-order valence-corrected chi connectivity index (χ4v) is 5.92. The fourth-order valence-electron chi connectivity index (χ4n) is 5.92. The van der Waals surface area contributed by atoms with Gasteiger partial charge in [0.05, 0.1) is 18.3 Å². The van der Waals surface area contributed by atoms with Crippen LogP contribution >= 0.6 is 0 Å². The molecule has 1 N–H and O–H groups in total. The lowest BCUT2D eigenvalue weighted by Gasteiger charge is -2.39. The summed E-state index contributed by atoms with van der Waals surface area (Å²) in [6, 6.07) is 8.15. The number of aromatic amines is 1. The molecule has 3 fully saturated rings. The van der Waals surface area contributed by atoms with Crippen molar-refractivity contribution in [1.82, 2.24) is 20.3 Å². The molecular weight excluding hydrogens is 496 g/mol. The van der Waals surface area contributed by atoms with Crippen molar-refractivity contribution in [2.75, 3.05) is 4.90 Å². The van der Waals surface area contributed by atoms with Crippen LogP contribution < -0.4 is 10.7 Å². The molecule has 0 spiro atoms. The Balaban J connectivity index is 1.07. The molecule has 1 aromatic carbocycles. The number of pyridine rings is 1. The van der Waals surface area contributed by atoms with Gasteiger partial charge in [0.2, 0.25) is 0 Å². The number of halogens is 2. The molecule has 0 amide bonds. The molecule has 9 nitrogen and oxygen atoms in total. The highest BCUT2D eigenvalue weighted by Gasteiger charge is 2.42. The molecule has 196 valence electrons. The third-order valence-electron chi connectivity index (χ3n) is 7.85. The van der Waals surface area contributed by atoms with Crippen molar-refractivity contribution in [3.8, 4) is 22.6 Å². The molecule has 4 aromatic rings. The van der Waals surface area contributed by atoms with E-state index < -0.39 is 17.4 Å². The van der Waals surface area contributed by atoms with E-state index in [4.69, 9.17) is 9.26 Å². The van der Waals surface area contributed by atoms with Gasteiger partial charge < -0.3 is 14.2 Å². The van der Waals surface area contributed by atoms with E-state index in [9.17, 15) is 13.6 Å². The average molecular weight is 522 g/mol. The van der Waals surface area contributed by atoms with Crippen LogP contribution in [-0.4, -0.2) is 38.5 Å². The first-order valence-electron chi connectivity index (χ1n) is 12.9. The Morgan fingerprint density at radius 2 is 1.76 bits per heavy atom. The number of anilines is 1. The Morgan fingerprint density at radius 3 is 2.39 bits per heavy atom. The first-order chi connectivity index (χ1) is 18.5. The molecule has 1 saturated carbocycles. The molecule has 7 rings (SSSR count). The summed E-state index contributed by atoms with van der Waals surface area (Å²) in [5, 5.41) is 7.79. The second-order valence-electron chi connectivity index (χ2n) is 10.3. The van der Waals surface area contributed by atoms with Gasteiger partial charge in [0, 0.05) is 35.3 Å². The highest BCUT2D eigenvalue weighted by Crippen LogP contribution is 2.45. The second-order valence-corrected chi connectivity index (χ2v) is 10.3. The summed E-state index contributed by atoms with van der Waals surface area (Å²) in [7, 11) is 0. The van der Waals surface area contributed by atoms with E-state index in [1.807, 2.05) is 12.1 Å². The number of fused-ring (bicyclic) bond motifs is 2. The summed E-state index contributed by atoms with van der Waals surface area (Å²) in [6.45, 7) is 0.200. The zero-order valence-electron chi connectivity index (χ0n) is 20.4. The van der Waals surface area contributed by atoms with E-state index in [2.05, 4.69) is 29.7 Å². The van der Waals surface area contributed by atoms with Gasteiger partial charge in [-0.3, -0.25) is 9.51 Å². The van der Waals surface area contributed by atoms with E-state index in [0.717, 1.165) is 44.3 Å². The minimum absolute atomic E-state index is 0.00324. The van der Waals surface area contributed by atoms with Crippen molar-refractivity contribution in [3.05, 3.63) is 70.0 Å². The van der Waals surface area contributed by atoms with Crippen molar-refractivity contribution in [2.24, 2.45) is 0 Å². The molecule has 3 aromatic heterocycles. The van der Waals surface area contributed by atoms with Gasteiger partial charge >= 0.3 is 5.76 Å². The maximum absolute atomic E-state index is 14.6. The highest BCUT2D eigenvalue weighted by molar-refractivity contribution is 5.65. The topological polar surface area (TPSA) is 110 Å². The number of aromatic nitrogens is 4. The van der Waals surface area contributed by atoms with Crippen molar-refractivity contribution >= 4 is 5.82 Å². The van der Waals surface area contributed by atoms with Gasteiger partial charge in [-0.1, -0.05) is 16.4 Å². The van der Waals surface area contributed by atoms with Crippen LogP contribution in [0.5, 0.6) is 0 Å². The number of rotatable bonds is 7. The molecule has 2 saturated heterocycles. The highest BCUT2D eigenvalue weighted by atomic mass is 19.1. The lowest BCUT2D eigenvalue weighted by molar-refractivity contribution is 0.0146. The summed E-state index contributed by atoms with van der Waals surface area (Å²) < 4.78 is 45.7. The Bertz CT molecular complexity index is 1490. The lowest BCUT2D eigenvalue weighted by Crippen LogP contribution is -2.46. The molecule has 2 aliphatic heterocycles. The van der Waals surface area contributed by atoms with Crippen LogP contribution in [0.25, 0.3) is 22.6 Å². The maximum atomic E-state index is 14.6. The van der Waals surface area contributed by atoms with E-state index in [0.29, 0.717) is 22.7 Å². The monoisotopic (exact) mass is 521 g/mol. The molecule has 3 aliphatic rings. The van der Waals surface area contributed by atoms with Crippen LogP contribution in [0.1, 0.15) is 55.8 Å². The SMILES string of the molecule is O=c1[nH]c(-c2ccc(N3[C@@H]4CC[C@H]3C[C@@H](OCc3c(-c5c(F)cccc5F)noc3C3CC3)C4)nc2)no1. The molecule has 11 heteroatoms. The van der Waals surface area contributed by atoms with Gasteiger partial charge in [-0.2, -0.15) is 0 Å². The normalized spacial score (nSPS) is 22.8. The van der Waals surface area contributed by atoms with E-state index in [1.54, 1.807) is 6.20 Å². The molecule has 38 heavy (non-hydrogen) atoms. The van der Waals surface area contributed by atoms with E-state index >= 15 is 0 Å². The first-order valence-corrected chi connectivity index (χ1v) is 12.9. The quantitative estimate of drug-likeness (QED) is 0.364. The second kappa shape index (κ2) is 9.16. The van der Waals surface area contributed by atoms with Crippen molar-refractivity contribution in [1.29, 1.82) is 0 Å². The summed E-state index contributed by atoms with van der Waals surface area (Å²) in [5.41, 5.74) is 1.35. The molecule has 3 atom stereocenters. The van der Waals surface area contributed by atoms with E-state index in [1.165, 1.54) is 18.2 Å². The van der Waals surface area contributed by atoms with Crippen LogP contribution in [0, 0.1) is 11.6 Å². The van der Waals surface area contributed by atoms with Gasteiger partial charge in [-0.25, -0.2) is 18.6 Å². The van der Waals surface area contributed by atoms with E-state index in [-0.39, 0.29) is 42.0 Å². The molecule has 2 bridgehead atoms. The minimum Gasteiger partial charge on any atom is -0.373 e. The van der Waals surface area contributed by atoms with Crippen LogP contribution in [0.3, 0.4) is 0 Å². The number of nitrogens with zero attached hydrogens (tertiary/aromatic N) is 4. The average Bonchev–Trinajstić information content (AvgIpc) is 3.44. The number of ether oxygens (including phenoxy) is 1. The molecular formula is C27H25F2N5O4. The Labute approximate surface area is 215 Å². The van der Waals surface area contributed by atoms with Crippen LogP contribution in [-0.2, 0) is 11.3 Å².